The largest absolute Gasteiger partial charge is 0.480 e. The quantitative estimate of drug-likeness (QED) is 0.876. The molecule has 2 saturated carbocycles. The number of thiophene rings is 1. The van der Waals surface area contributed by atoms with Gasteiger partial charge in [-0.2, -0.15) is 0 Å². The Morgan fingerprint density at radius 2 is 2.15 bits per heavy atom. The maximum atomic E-state index is 12.3. The first-order valence-electron chi connectivity index (χ1n) is 7.03. The van der Waals surface area contributed by atoms with Crippen LogP contribution in [0.4, 0.5) is 0 Å². The third-order valence-electron chi connectivity index (χ3n) is 4.59. The number of hydrogen-bond donors (Lipinski definition) is 2. The molecule has 2 aliphatic rings. The summed E-state index contributed by atoms with van der Waals surface area (Å²) in [4.78, 5) is 25.0. The molecule has 0 saturated heterocycles. The smallest absolute Gasteiger partial charge is 0.329 e. The fourth-order valence-electron chi connectivity index (χ4n) is 2.88. The summed E-state index contributed by atoms with van der Waals surface area (Å²) in [5, 5.41) is 14.2. The van der Waals surface area contributed by atoms with Crippen LogP contribution in [0.5, 0.6) is 0 Å². The fraction of sp³-hybridized carbons (Fsp3) is 0.600. The molecule has 1 aromatic heterocycles. The average Bonchev–Trinajstić information content (AvgIpc) is 3.28. The molecular weight excluding hydrogens is 274 g/mol. The van der Waals surface area contributed by atoms with E-state index >= 15 is 0 Å². The number of rotatable bonds is 5. The van der Waals surface area contributed by atoms with E-state index in [1.165, 1.54) is 10.4 Å². The molecule has 1 amide bonds. The van der Waals surface area contributed by atoms with E-state index in [2.05, 4.69) is 18.3 Å². The number of carboxylic acids is 1. The third-order valence-corrected chi connectivity index (χ3v) is 5.74. The molecule has 1 heterocycles. The van der Waals surface area contributed by atoms with E-state index in [-0.39, 0.29) is 23.7 Å². The number of carboxylic acid groups (broad SMARTS) is 1. The zero-order chi connectivity index (χ0) is 14.5. The molecule has 20 heavy (non-hydrogen) atoms. The first-order chi connectivity index (χ1) is 9.43. The Balaban J connectivity index is 1.66. The standard InChI is InChI=1S/C15H19NO3S/c1-8-5-6-20-12(8)10-7-11(10)13(17)16-15(2,14(18)19)9-3-4-9/h5-6,9-11H,3-4,7H2,1-2H3,(H,16,17)(H,18,19)/t10-,11+,15+/m1/s1. The third kappa shape index (κ3) is 2.24. The molecule has 0 spiro atoms. The highest BCUT2D eigenvalue weighted by Gasteiger charge is 2.52. The minimum absolute atomic E-state index is 0.0511. The van der Waals surface area contributed by atoms with Crippen LogP contribution in [0.15, 0.2) is 11.4 Å². The van der Waals surface area contributed by atoms with Crippen LogP contribution in [0.1, 0.15) is 42.5 Å². The minimum atomic E-state index is -1.09. The second-order valence-electron chi connectivity index (χ2n) is 6.19. The Labute approximate surface area is 122 Å². The summed E-state index contributed by atoms with van der Waals surface area (Å²) in [6.07, 6.45) is 2.62. The lowest BCUT2D eigenvalue weighted by molar-refractivity contribution is -0.148. The number of carbonyl (C=O) groups excluding carboxylic acids is 1. The van der Waals surface area contributed by atoms with Gasteiger partial charge in [0.2, 0.25) is 5.91 Å². The van der Waals surface area contributed by atoms with Crippen molar-refractivity contribution in [3.63, 3.8) is 0 Å². The normalized spacial score (nSPS) is 27.7. The van der Waals surface area contributed by atoms with Crippen LogP contribution in [0.3, 0.4) is 0 Å². The first-order valence-corrected chi connectivity index (χ1v) is 7.91. The predicted molar refractivity (Wildman–Crippen MR) is 76.8 cm³/mol. The predicted octanol–water partition coefficient (Wildman–Crippen LogP) is 2.53. The molecule has 108 valence electrons. The monoisotopic (exact) mass is 293 g/mol. The molecule has 3 rings (SSSR count). The summed E-state index contributed by atoms with van der Waals surface area (Å²) in [7, 11) is 0. The SMILES string of the molecule is Cc1ccsc1[C@@H]1C[C@@H]1C(=O)N[C@](C)(C(=O)O)C1CC1. The van der Waals surface area contributed by atoms with Crippen molar-refractivity contribution >= 4 is 23.2 Å². The van der Waals surface area contributed by atoms with Crippen molar-refractivity contribution in [3.05, 3.63) is 21.9 Å². The van der Waals surface area contributed by atoms with Gasteiger partial charge in [0.15, 0.2) is 0 Å². The van der Waals surface area contributed by atoms with Crippen molar-refractivity contribution in [2.45, 2.75) is 44.6 Å². The van der Waals surface area contributed by atoms with E-state index in [1.807, 2.05) is 5.38 Å². The summed E-state index contributed by atoms with van der Waals surface area (Å²) in [5.74, 6) is -0.695. The van der Waals surface area contributed by atoms with Crippen molar-refractivity contribution in [3.8, 4) is 0 Å². The molecule has 0 bridgehead atoms. The lowest BCUT2D eigenvalue weighted by atomic mass is 9.95. The number of carbonyl (C=O) groups is 2. The highest BCUT2D eigenvalue weighted by molar-refractivity contribution is 7.10. The Morgan fingerprint density at radius 3 is 2.65 bits per heavy atom. The van der Waals surface area contributed by atoms with Gasteiger partial charge < -0.3 is 10.4 Å². The first kappa shape index (κ1) is 13.6. The molecule has 2 aliphatic carbocycles. The van der Waals surface area contributed by atoms with Crippen LogP contribution >= 0.6 is 11.3 Å². The average molecular weight is 293 g/mol. The summed E-state index contributed by atoms with van der Waals surface area (Å²) < 4.78 is 0. The molecular formula is C15H19NO3S. The summed E-state index contributed by atoms with van der Waals surface area (Å²) in [5.41, 5.74) is 0.146. The molecule has 4 nitrogen and oxygen atoms in total. The van der Waals surface area contributed by atoms with Crippen molar-refractivity contribution in [2.75, 3.05) is 0 Å². The van der Waals surface area contributed by atoms with Crippen molar-refractivity contribution < 1.29 is 14.7 Å². The molecule has 0 unspecified atom stereocenters. The fourth-order valence-corrected chi connectivity index (χ4v) is 3.99. The van der Waals surface area contributed by atoms with Crippen LogP contribution in [-0.2, 0) is 9.59 Å². The van der Waals surface area contributed by atoms with E-state index in [4.69, 9.17) is 0 Å². The van der Waals surface area contributed by atoms with Crippen LogP contribution < -0.4 is 5.32 Å². The van der Waals surface area contributed by atoms with Crippen LogP contribution in [0.25, 0.3) is 0 Å². The van der Waals surface area contributed by atoms with Crippen molar-refractivity contribution in [1.29, 1.82) is 0 Å². The summed E-state index contributed by atoms with van der Waals surface area (Å²) in [6, 6.07) is 2.07. The molecule has 0 aromatic carbocycles. The molecule has 5 heteroatoms. The Morgan fingerprint density at radius 1 is 1.45 bits per heavy atom. The number of hydrogen-bond acceptors (Lipinski definition) is 3. The maximum absolute atomic E-state index is 12.3. The van der Waals surface area contributed by atoms with Crippen LogP contribution in [0, 0.1) is 18.8 Å². The Kier molecular flexibility index (Phi) is 3.12. The molecule has 3 atom stereocenters. The van der Waals surface area contributed by atoms with E-state index in [0.29, 0.717) is 0 Å². The number of aryl methyl sites for hydroxylation is 1. The highest BCUT2D eigenvalue weighted by atomic mass is 32.1. The van der Waals surface area contributed by atoms with Crippen molar-refractivity contribution in [1.82, 2.24) is 5.32 Å². The van der Waals surface area contributed by atoms with Gasteiger partial charge in [0.05, 0.1) is 0 Å². The minimum Gasteiger partial charge on any atom is -0.480 e. The molecule has 2 N–H and O–H groups in total. The van der Waals surface area contributed by atoms with Crippen LogP contribution in [-0.4, -0.2) is 22.5 Å². The second kappa shape index (κ2) is 4.58. The second-order valence-corrected chi connectivity index (χ2v) is 7.14. The van der Waals surface area contributed by atoms with Gasteiger partial charge in [-0.15, -0.1) is 11.3 Å². The van der Waals surface area contributed by atoms with Gasteiger partial charge in [-0.3, -0.25) is 4.79 Å². The number of nitrogens with one attached hydrogen (secondary N) is 1. The zero-order valence-electron chi connectivity index (χ0n) is 11.7. The zero-order valence-corrected chi connectivity index (χ0v) is 12.5. The maximum Gasteiger partial charge on any atom is 0.329 e. The van der Waals surface area contributed by atoms with Gasteiger partial charge in [0, 0.05) is 16.7 Å². The lowest BCUT2D eigenvalue weighted by Gasteiger charge is -2.26. The van der Waals surface area contributed by atoms with Crippen molar-refractivity contribution in [2.24, 2.45) is 11.8 Å². The van der Waals surface area contributed by atoms with Crippen LogP contribution in [0.2, 0.25) is 0 Å². The molecule has 2 fully saturated rings. The van der Waals surface area contributed by atoms with E-state index in [0.717, 1.165) is 19.3 Å². The molecule has 1 aromatic rings. The molecule has 0 aliphatic heterocycles. The van der Waals surface area contributed by atoms with Gasteiger partial charge in [-0.1, -0.05) is 0 Å². The highest BCUT2D eigenvalue weighted by Crippen LogP contribution is 2.51. The Bertz CT molecular complexity index is 563. The van der Waals surface area contributed by atoms with Gasteiger partial charge >= 0.3 is 5.97 Å². The topological polar surface area (TPSA) is 66.4 Å². The summed E-state index contributed by atoms with van der Waals surface area (Å²) in [6.45, 7) is 3.70. The number of aliphatic carboxylic acids is 1. The van der Waals surface area contributed by atoms with Gasteiger partial charge in [0.25, 0.3) is 0 Å². The van der Waals surface area contributed by atoms with E-state index in [1.54, 1.807) is 18.3 Å². The lowest BCUT2D eigenvalue weighted by Crippen LogP contribution is -2.54. The Hall–Kier alpha value is -1.36. The van der Waals surface area contributed by atoms with E-state index < -0.39 is 11.5 Å². The van der Waals surface area contributed by atoms with Gasteiger partial charge in [-0.05, 0) is 56.0 Å². The van der Waals surface area contributed by atoms with Gasteiger partial charge in [0.1, 0.15) is 5.54 Å². The van der Waals surface area contributed by atoms with Gasteiger partial charge in [-0.25, -0.2) is 4.79 Å². The molecule has 0 radical (unpaired) electrons. The number of amides is 1. The van der Waals surface area contributed by atoms with E-state index in [9.17, 15) is 14.7 Å². The summed E-state index contributed by atoms with van der Waals surface area (Å²) >= 11 is 1.69.